The van der Waals surface area contributed by atoms with Crippen LogP contribution in [0, 0.1) is 16.0 Å². The number of hydrogen-bond acceptors (Lipinski definition) is 5. The molecule has 2 rings (SSSR count). The molecule has 0 radical (unpaired) electrons. The van der Waals surface area contributed by atoms with Crippen molar-refractivity contribution < 1.29 is 9.66 Å². The molecule has 1 unspecified atom stereocenters. The molecule has 0 aromatic heterocycles. The molecule has 0 amide bonds. The molecule has 104 valence electrons. The third-order valence-electron chi connectivity index (χ3n) is 3.24. The lowest BCUT2D eigenvalue weighted by molar-refractivity contribution is -0.384. The summed E-state index contributed by atoms with van der Waals surface area (Å²) in [6, 6.07) is 5.08. The highest BCUT2D eigenvalue weighted by molar-refractivity contribution is 5.68. The molecule has 3 N–H and O–H groups in total. The van der Waals surface area contributed by atoms with Crippen LogP contribution in [0.25, 0.3) is 0 Å². The van der Waals surface area contributed by atoms with Crippen LogP contribution in [0.4, 0.5) is 11.4 Å². The summed E-state index contributed by atoms with van der Waals surface area (Å²) < 4.78 is 5.29. The first-order chi connectivity index (χ1) is 9.13. The highest BCUT2D eigenvalue weighted by Crippen LogP contribution is 2.36. The molecule has 1 aromatic rings. The van der Waals surface area contributed by atoms with Gasteiger partial charge >= 0.3 is 5.69 Å². The van der Waals surface area contributed by atoms with E-state index in [2.05, 4.69) is 5.32 Å². The third-order valence-corrected chi connectivity index (χ3v) is 3.24. The smallest absolute Gasteiger partial charge is 0.333 e. The third kappa shape index (κ3) is 3.35. The normalized spacial score (nSPS) is 15.9. The number of anilines is 1. The standard InChI is InChI=1S/C13H19N3O3/c1-2-19-12-5-3-4-11(13(12)16(17)18)15-8-10(14)9-6-7-9/h3-5,9-10,15H,2,6-8,14H2,1H3. The Morgan fingerprint density at radius 3 is 2.89 bits per heavy atom. The monoisotopic (exact) mass is 265 g/mol. The highest BCUT2D eigenvalue weighted by atomic mass is 16.6. The Kier molecular flexibility index (Phi) is 4.21. The van der Waals surface area contributed by atoms with Crippen molar-refractivity contribution in [2.24, 2.45) is 11.7 Å². The van der Waals surface area contributed by atoms with Crippen molar-refractivity contribution >= 4 is 11.4 Å². The number of ether oxygens (including phenoxy) is 1. The number of rotatable bonds is 7. The molecule has 0 heterocycles. The first-order valence-electron chi connectivity index (χ1n) is 6.53. The number of hydrogen-bond donors (Lipinski definition) is 2. The van der Waals surface area contributed by atoms with Crippen LogP contribution in [0.5, 0.6) is 5.75 Å². The zero-order valence-electron chi connectivity index (χ0n) is 11.0. The van der Waals surface area contributed by atoms with E-state index in [-0.39, 0.29) is 17.5 Å². The minimum absolute atomic E-state index is 0.0210. The van der Waals surface area contributed by atoms with Crippen LogP contribution >= 0.6 is 0 Å². The second kappa shape index (κ2) is 5.88. The number of para-hydroxylation sites is 1. The molecule has 1 aliphatic rings. The fraction of sp³-hybridized carbons (Fsp3) is 0.538. The summed E-state index contributed by atoms with van der Waals surface area (Å²) in [7, 11) is 0. The molecule has 6 nitrogen and oxygen atoms in total. The van der Waals surface area contributed by atoms with Gasteiger partial charge in [0.2, 0.25) is 0 Å². The second-order valence-electron chi connectivity index (χ2n) is 4.72. The fourth-order valence-electron chi connectivity index (χ4n) is 2.04. The molecule has 0 aliphatic heterocycles. The van der Waals surface area contributed by atoms with Crippen molar-refractivity contribution in [2.75, 3.05) is 18.5 Å². The van der Waals surface area contributed by atoms with Gasteiger partial charge in [0.15, 0.2) is 5.75 Å². The first kappa shape index (κ1) is 13.6. The molecule has 1 fully saturated rings. The van der Waals surface area contributed by atoms with Gasteiger partial charge in [-0.05, 0) is 37.8 Å². The number of nitrogens with zero attached hydrogens (tertiary/aromatic N) is 1. The SMILES string of the molecule is CCOc1cccc(NCC(N)C2CC2)c1[N+](=O)[O-]. The Morgan fingerprint density at radius 1 is 1.58 bits per heavy atom. The molecule has 19 heavy (non-hydrogen) atoms. The molecular weight excluding hydrogens is 246 g/mol. The summed E-state index contributed by atoms with van der Waals surface area (Å²) in [4.78, 5) is 10.7. The van der Waals surface area contributed by atoms with Crippen molar-refractivity contribution in [3.05, 3.63) is 28.3 Å². The van der Waals surface area contributed by atoms with E-state index in [1.807, 2.05) is 0 Å². The van der Waals surface area contributed by atoms with Crippen LogP contribution in [0.1, 0.15) is 19.8 Å². The molecule has 1 aromatic carbocycles. The topological polar surface area (TPSA) is 90.4 Å². The minimum atomic E-state index is -0.421. The predicted octanol–water partition coefficient (Wildman–Crippen LogP) is 2.14. The van der Waals surface area contributed by atoms with E-state index in [0.29, 0.717) is 24.8 Å². The molecule has 1 atom stereocenters. The van der Waals surface area contributed by atoms with Crippen LogP contribution in [0.3, 0.4) is 0 Å². The molecule has 0 spiro atoms. The first-order valence-corrected chi connectivity index (χ1v) is 6.53. The Hall–Kier alpha value is -1.82. The lowest BCUT2D eigenvalue weighted by Crippen LogP contribution is -2.31. The summed E-state index contributed by atoms with van der Waals surface area (Å²) in [6.07, 6.45) is 2.31. The van der Waals surface area contributed by atoms with Gasteiger partial charge in [0, 0.05) is 12.6 Å². The summed E-state index contributed by atoms with van der Waals surface area (Å²) >= 11 is 0. The summed E-state index contributed by atoms with van der Waals surface area (Å²) in [5, 5.41) is 14.2. The van der Waals surface area contributed by atoms with Crippen LogP contribution in [-0.4, -0.2) is 24.1 Å². The summed E-state index contributed by atoms with van der Waals surface area (Å²) in [6.45, 7) is 2.74. The van der Waals surface area contributed by atoms with Gasteiger partial charge in [-0.2, -0.15) is 0 Å². The quantitative estimate of drug-likeness (QED) is 0.582. The minimum Gasteiger partial charge on any atom is -0.487 e. The van der Waals surface area contributed by atoms with Crippen LogP contribution < -0.4 is 15.8 Å². The van der Waals surface area contributed by atoms with E-state index in [1.165, 1.54) is 0 Å². The fourth-order valence-corrected chi connectivity index (χ4v) is 2.04. The summed E-state index contributed by atoms with van der Waals surface area (Å²) in [5.74, 6) is 0.846. The molecule has 6 heteroatoms. The van der Waals surface area contributed by atoms with Gasteiger partial charge in [0.25, 0.3) is 0 Å². The largest absolute Gasteiger partial charge is 0.487 e. The number of nitrogens with one attached hydrogen (secondary N) is 1. The maximum Gasteiger partial charge on any atom is 0.333 e. The molecule has 0 saturated heterocycles. The van der Waals surface area contributed by atoms with Crippen molar-refractivity contribution in [3.8, 4) is 5.75 Å². The lowest BCUT2D eigenvalue weighted by Gasteiger charge is -2.14. The predicted molar refractivity (Wildman–Crippen MR) is 73.5 cm³/mol. The summed E-state index contributed by atoms with van der Waals surface area (Å²) in [5.41, 5.74) is 6.43. The van der Waals surface area contributed by atoms with Gasteiger partial charge in [-0.25, -0.2) is 0 Å². The van der Waals surface area contributed by atoms with Gasteiger partial charge in [-0.15, -0.1) is 0 Å². The molecular formula is C13H19N3O3. The van der Waals surface area contributed by atoms with E-state index in [0.717, 1.165) is 12.8 Å². The molecule has 0 bridgehead atoms. The van der Waals surface area contributed by atoms with Gasteiger partial charge in [-0.3, -0.25) is 10.1 Å². The Morgan fingerprint density at radius 2 is 2.32 bits per heavy atom. The van der Waals surface area contributed by atoms with Gasteiger partial charge in [-0.1, -0.05) is 6.07 Å². The highest BCUT2D eigenvalue weighted by Gasteiger charge is 2.29. The molecule has 1 saturated carbocycles. The van der Waals surface area contributed by atoms with E-state index in [9.17, 15) is 10.1 Å². The Bertz CT molecular complexity index is 460. The van der Waals surface area contributed by atoms with Crippen molar-refractivity contribution in [2.45, 2.75) is 25.8 Å². The maximum absolute atomic E-state index is 11.2. The zero-order chi connectivity index (χ0) is 13.8. The van der Waals surface area contributed by atoms with Gasteiger partial charge in [0.05, 0.1) is 11.5 Å². The van der Waals surface area contributed by atoms with E-state index < -0.39 is 4.92 Å². The lowest BCUT2D eigenvalue weighted by atomic mass is 10.2. The van der Waals surface area contributed by atoms with E-state index in [4.69, 9.17) is 10.5 Å². The zero-order valence-corrected chi connectivity index (χ0v) is 11.0. The number of nitrogens with two attached hydrogens (primary N) is 1. The van der Waals surface area contributed by atoms with Gasteiger partial charge < -0.3 is 15.8 Å². The van der Waals surface area contributed by atoms with Crippen molar-refractivity contribution in [1.29, 1.82) is 0 Å². The van der Waals surface area contributed by atoms with Crippen molar-refractivity contribution in [1.82, 2.24) is 0 Å². The van der Waals surface area contributed by atoms with E-state index >= 15 is 0 Å². The number of nitro groups is 1. The van der Waals surface area contributed by atoms with Crippen LogP contribution in [-0.2, 0) is 0 Å². The van der Waals surface area contributed by atoms with Crippen molar-refractivity contribution in [3.63, 3.8) is 0 Å². The average Bonchev–Trinajstić information content (AvgIpc) is 3.20. The number of nitro benzene ring substituents is 1. The Labute approximate surface area is 112 Å². The van der Waals surface area contributed by atoms with E-state index in [1.54, 1.807) is 25.1 Å². The number of benzene rings is 1. The molecule has 1 aliphatic carbocycles. The maximum atomic E-state index is 11.2. The average molecular weight is 265 g/mol. The second-order valence-corrected chi connectivity index (χ2v) is 4.72. The Balaban J connectivity index is 2.13. The van der Waals surface area contributed by atoms with Gasteiger partial charge in [0.1, 0.15) is 5.69 Å². The van der Waals surface area contributed by atoms with Crippen LogP contribution in [0.2, 0.25) is 0 Å². The van der Waals surface area contributed by atoms with Crippen LogP contribution in [0.15, 0.2) is 18.2 Å².